The van der Waals surface area contributed by atoms with E-state index in [1.807, 2.05) is 12.2 Å². The molecule has 1 atom stereocenters. The summed E-state index contributed by atoms with van der Waals surface area (Å²) in [5.41, 5.74) is 5.11. The monoisotopic (exact) mass is 155 g/mol. The van der Waals surface area contributed by atoms with Crippen molar-refractivity contribution >= 4 is 0 Å². The number of rotatable bonds is 4. The number of epoxide rings is 1. The fourth-order valence-electron chi connectivity index (χ4n) is 0.440. The van der Waals surface area contributed by atoms with Crippen molar-refractivity contribution in [1.29, 1.82) is 0 Å². The average molecular weight is 155 g/mol. The standard InChI is InChI=1S/C6H10.C3H7NO/c1-3-5-6-4-2;4-1-3-2-5-3/h3-4H,1-2,5-6H2;3H,1-2,4H2. The van der Waals surface area contributed by atoms with E-state index in [9.17, 15) is 0 Å². The Labute approximate surface area is 68.7 Å². The smallest absolute Gasteiger partial charge is 0.0931 e. The summed E-state index contributed by atoms with van der Waals surface area (Å²) in [6.45, 7) is 8.68. The van der Waals surface area contributed by atoms with Crippen LogP contribution in [-0.4, -0.2) is 19.3 Å². The van der Waals surface area contributed by atoms with E-state index in [1.165, 1.54) is 0 Å². The Bertz CT molecular complexity index is 100. The Kier molecular flexibility index (Phi) is 7.10. The van der Waals surface area contributed by atoms with Gasteiger partial charge in [0.2, 0.25) is 0 Å². The van der Waals surface area contributed by atoms with E-state index in [2.05, 4.69) is 13.2 Å². The first-order valence-corrected chi connectivity index (χ1v) is 3.88. The SMILES string of the molecule is C=CCCC=C.NCC1CO1. The van der Waals surface area contributed by atoms with Crippen LogP contribution < -0.4 is 5.73 Å². The summed E-state index contributed by atoms with van der Waals surface area (Å²) in [7, 11) is 0. The Hall–Kier alpha value is -0.600. The van der Waals surface area contributed by atoms with Gasteiger partial charge in [0, 0.05) is 6.54 Å². The van der Waals surface area contributed by atoms with Crippen molar-refractivity contribution in [3.05, 3.63) is 25.3 Å². The highest BCUT2D eigenvalue weighted by Crippen LogP contribution is 2.03. The molecule has 1 aliphatic heterocycles. The van der Waals surface area contributed by atoms with Crippen molar-refractivity contribution in [3.63, 3.8) is 0 Å². The lowest BCUT2D eigenvalue weighted by molar-refractivity contribution is 0.412. The molecule has 1 saturated heterocycles. The van der Waals surface area contributed by atoms with E-state index >= 15 is 0 Å². The maximum atomic E-state index is 5.11. The minimum Gasteiger partial charge on any atom is -0.372 e. The fourth-order valence-corrected chi connectivity index (χ4v) is 0.440. The number of hydrogen-bond acceptors (Lipinski definition) is 2. The van der Waals surface area contributed by atoms with Crippen molar-refractivity contribution in [2.75, 3.05) is 13.2 Å². The number of unbranched alkanes of at least 4 members (excludes halogenated alkanes) is 1. The molecule has 0 aliphatic carbocycles. The van der Waals surface area contributed by atoms with Gasteiger partial charge in [-0.15, -0.1) is 13.2 Å². The van der Waals surface area contributed by atoms with Gasteiger partial charge in [-0.1, -0.05) is 12.2 Å². The van der Waals surface area contributed by atoms with Crippen molar-refractivity contribution in [2.24, 2.45) is 5.73 Å². The summed E-state index contributed by atoms with van der Waals surface area (Å²) < 4.78 is 4.73. The van der Waals surface area contributed by atoms with Gasteiger partial charge < -0.3 is 10.5 Å². The van der Waals surface area contributed by atoms with E-state index in [0.29, 0.717) is 12.6 Å². The van der Waals surface area contributed by atoms with Crippen LogP contribution >= 0.6 is 0 Å². The van der Waals surface area contributed by atoms with Crippen molar-refractivity contribution in [2.45, 2.75) is 18.9 Å². The minimum atomic E-state index is 0.412. The topological polar surface area (TPSA) is 38.5 Å². The normalized spacial score (nSPS) is 19.5. The van der Waals surface area contributed by atoms with Gasteiger partial charge in [0.15, 0.2) is 0 Å². The molecule has 1 heterocycles. The second-order valence-electron chi connectivity index (χ2n) is 2.35. The van der Waals surface area contributed by atoms with Gasteiger partial charge in [-0.3, -0.25) is 0 Å². The van der Waals surface area contributed by atoms with Crippen molar-refractivity contribution < 1.29 is 4.74 Å². The molecule has 1 fully saturated rings. The molecule has 1 aliphatic rings. The Morgan fingerprint density at radius 3 is 1.91 bits per heavy atom. The van der Waals surface area contributed by atoms with E-state index in [4.69, 9.17) is 10.5 Å². The second kappa shape index (κ2) is 7.51. The van der Waals surface area contributed by atoms with E-state index in [1.54, 1.807) is 0 Å². The Morgan fingerprint density at radius 1 is 1.36 bits per heavy atom. The summed E-state index contributed by atoms with van der Waals surface area (Å²) in [4.78, 5) is 0. The Balaban J connectivity index is 0.000000183. The third kappa shape index (κ3) is 9.40. The third-order valence-electron chi connectivity index (χ3n) is 1.24. The third-order valence-corrected chi connectivity index (χ3v) is 1.24. The van der Waals surface area contributed by atoms with Gasteiger partial charge in [-0.05, 0) is 12.8 Å². The molecule has 0 aromatic heterocycles. The van der Waals surface area contributed by atoms with Crippen LogP contribution in [0.5, 0.6) is 0 Å². The van der Waals surface area contributed by atoms with Crippen LogP contribution in [0, 0.1) is 0 Å². The van der Waals surface area contributed by atoms with Gasteiger partial charge >= 0.3 is 0 Å². The van der Waals surface area contributed by atoms with E-state index < -0.39 is 0 Å². The molecule has 64 valence electrons. The first-order valence-electron chi connectivity index (χ1n) is 3.88. The minimum absolute atomic E-state index is 0.412. The van der Waals surface area contributed by atoms with Crippen LogP contribution in [0.1, 0.15) is 12.8 Å². The second-order valence-corrected chi connectivity index (χ2v) is 2.35. The first kappa shape index (κ1) is 10.4. The average Bonchev–Trinajstić information content (AvgIpc) is 2.84. The molecule has 0 bridgehead atoms. The van der Waals surface area contributed by atoms with Gasteiger partial charge in [-0.25, -0.2) is 0 Å². The molecule has 2 heteroatoms. The predicted octanol–water partition coefficient (Wildman–Crippen LogP) is 1.48. The first-order chi connectivity index (χ1) is 5.35. The molecule has 1 unspecified atom stereocenters. The lowest BCUT2D eigenvalue weighted by Crippen LogP contribution is -2.05. The summed E-state index contributed by atoms with van der Waals surface area (Å²) in [6.07, 6.45) is 6.31. The largest absolute Gasteiger partial charge is 0.372 e. The van der Waals surface area contributed by atoms with Crippen molar-refractivity contribution in [3.8, 4) is 0 Å². The molecular weight excluding hydrogens is 138 g/mol. The lowest BCUT2D eigenvalue weighted by atomic mass is 10.3. The molecule has 0 amide bonds. The van der Waals surface area contributed by atoms with Crippen LogP contribution in [0.2, 0.25) is 0 Å². The predicted molar refractivity (Wildman–Crippen MR) is 48.4 cm³/mol. The summed E-state index contributed by atoms with van der Waals surface area (Å²) in [6, 6.07) is 0. The zero-order valence-corrected chi connectivity index (χ0v) is 6.96. The zero-order chi connectivity index (χ0) is 8.53. The lowest BCUT2D eigenvalue weighted by Gasteiger charge is -1.76. The molecule has 2 N–H and O–H groups in total. The van der Waals surface area contributed by atoms with Gasteiger partial charge in [0.1, 0.15) is 0 Å². The zero-order valence-electron chi connectivity index (χ0n) is 6.96. The Morgan fingerprint density at radius 2 is 1.82 bits per heavy atom. The van der Waals surface area contributed by atoms with Crippen molar-refractivity contribution in [1.82, 2.24) is 0 Å². The van der Waals surface area contributed by atoms with Crippen LogP contribution in [0.15, 0.2) is 25.3 Å². The molecule has 0 radical (unpaired) electrons. The van der Waals surface area contributed by atoms with Gasteiger partial charge in [-0.2, -0.15) is 0 Å². The summed E-state index contributed by atoms with van der Waals surface area (Å²) in [5, 5.41) is 0. The van der Waals surface area contributed by atoms with Gasteiger partial charge in [0.05, 0.1) is 12.7 Å². The number of allylic oxidation sites excluding steroid dienone is 2. The van der Waals surface area contributed by atoms with E-state index in [-0.39, 0.29) is 0 Å². The number of ether oxygens (including phenoxy) is 1. The number of nitrogens with two attached hydrogens (primary N) is 1. The fraction of sp³-hybridized carbons (Fsp3) is 0.556. The highest BCUT2D eigenvalue weighted by molar-refractivity contribution is 4.74. The van der Waals surface area contributed by atoms with Crippen LogP contribution in [0.25, 0.3) is 0 Å². The summed E-state index contributed by atoms with van der Waals surface area (Å²) in [5.74, 6) is 0. The molecule has 0 aromatic carbocycles. The molecule has 1 rings (SSSR count). The number of hydrogen-bond donors (Lipinski definition) is 1. The molecular formula is C9H17NO. The highest BCUT2D eigenvalue weighted by atomic mass is 16.6. The quantitative estimate of drug-likeness (QED) is 0.379. The van der Waals surface area contributed by atoms with E-state index in [0.717, 1.165) is 19.4 Å². The maximum Gasteiger partial charge on any atom is 0.0931 e. The van der Waals surface area contributed by atoms with Crippen LogP contribution in [0.4, 0.5) is 0 Å². The molecule has 11 heavy (non-hydrogen) atoms. The van der Waals surface area contributed by atoms with Gasteiger partial charge in [0.25, 0.3) is 0 Å². The molecule has 2 nitrogen and oxygen atoms in total. The maximum absolute atomic E-state index is 5.11. The highest BCUT2D eigenvalue weighted by Gasteiger charge is 2.18. The van der Waals surface area contributed by atoms with Crippen LogP contribution in [0.3, 0.4) is 0 Å². The molecule has 0 spiro atoms. The molecule has 0 saturated carbocycles. The van der Waals surface area contributed by atoms with Crippen LogP contribution in [-0.2, 0) is 4.74 Å². The molecule has 0 aromatic rings. The summed E-state index contributed by atoms with van der Waals surface area (Å²) >= 11 is 0.